The van der Waals surface area contributed by atoms with Crippen LogP contribution in [0.15, 0.2) is 42.5 Å². The molecule has 0 bridgehead atoms. The number of hydrogen-bond acceptors (Lipinski definition) is 4. The Labute approximate surface area is 202 Å². The third-order valence-corrected chi connectivity index (χ3v) is 5.65. The maximum Gasteiger partial charge on any atom is 0.416 e. The van der Waals surface area contributed by atoms with Gasteiger partial charge < -0.3 is 15.2 Å². The fraction of sp³-hybridized carbons (Fsp3) is 0.435. The van der Waals surface area contributed by atoms with E-state index < -0.39 is 65.9 Å². The molecule has 3 rings (SSSR count). The van der Waals surface area contributed by atoms with Crippen molar-refractivity contribution in [3.05, 3.63) is 70.5 Å². The summed E-state index contributed by atoms with van der Waals surface area (Å²) in [4.78, 5) is 12.6. The van der Waals surface area contributed by atoms with Crippen LogP contribution in [-0.4, -0.2) is 35.5 Å². The highest BCUT2D eigenvalue weighted by Crippen LogP contribution is 2.37. The van der Waals surface area contributed by atoms with Gasteiger partial charge in [-0.3, -0.25) is 0 Å². The standard InChI is InChI=1S/C23H24F7N3O3/c1-2-3-8-31-33-19(34)21(32-20(33)35,15-4-6-18(24)7-5-15)13-36-12-14-9-16(22(25,26)27)11-17(10-14)23(28,29)30/h4-7,9-11,19,31,34H,2-3,8,12-13H2,1H3,(H,32,35). The maximum absolute atomic E-state index is 13.5. The Morgan fingerprint density at radius 2 is 1.64 bits per heavy atom. The average Bonchev–Trinajstić information content (AvgIpc) is 3.03. The van der Waals surface area contributed by atoms with Crippen molar-refractivity contribution in [3.8, 4) is 0 Å². The lowest BCUT2D eigenvalue weighted by molar-refractivity contribution is -0.143. The van der Waals surface area contributed by atoms with Crippen LogP contribution in [0.5, 0.6) is 0 Å². The van der Waals surface area contributed by atoms with Crippen LogP contribution in [0.2, 0.25) is 0 Å². The first kappa shape index (κ1) is 27.7. The predicted octanol–water partition coefficient (Wildman–Crippen LogP) is 4.92. The Morgan fingerprint density at radius 1 is 1.06 bits per heavy atom. The summed E-state index contributed by atoms with van der Waals surface area (Å²) in [6.07, 6.45) is -10.2. The van der Waals surface area contributed by atoms with E-state index in [1.165, 1.54) is 12.1 Å². The van der Waals surface area contributed by atoms with E-state index in [0.29, 0.717) is 25.1 Å². The lowest BCUT2D eigenvalue weighted by Crippen LogP contribution is -2.53. The van der Waals surface area contributed by atoms with Crippen LogP contribution in [0.3, 0.4) is 0 Å². The molecule has 1 aliphatic heterocycles. The number of nitrogens with zero attached hydrogens (tertiary/aromatic N) is 1. The summed E-state index contributed by atoms with van der Waals surface area (Å²) >= 11 is 0. The van der Waals surface area contributed by atoms with Crippen molar-refractivity contribution in [1.29, 1.82) is 0 Å². The van der Waals surface area contributed by atoms with E-state index in [0.717, 1.165) is 23.6 Å². The molecule has 1 fully saturated rings. The van der Waals surface area contributed by atoms with E-state index in [4.69, 9.17) is 4.74 Å². The molecule has 1 aliphatic rings. The fourth-order valence-corrected chi connectivity index (χ4v) is 3.78. The molecule has 198 valence electrons. The number of hydrazine groups is 1. The van der Waals surface area contributed by atoms with Gasteiger partial charge in [0.2, 0.25) is 0 Å². The van der Waals surface area contributed by atoms with E-state index in [9.17, 15) is 40.6 Å². The van der Waals surface area contributed by atoms with Crippen LogP contribution in [0, 0.1) is 5.82 Å². The number of alkyl halides is 6. The molecule has 2 aromatic carbocycles. The second-order valence-corrected chi connectivity index (χ2v) is 8.32. The van der Waals surface area contributed by atoms with Crippen LogP contribution in [0.25, 0.3) is 0 Å². The van der Waals surface area contributed by atoms with Crippen molar-refractivity contribution in [2.75, 3.05) is 13.2 Å². The van der Waals surface area contributed by atoms with Gasteiger partial charge in [0, 0.05) is 6.54 Å². The van der Waals surface area contributed by atoms with Crippen LogP contribution in [-0.2, 0) is 29.2 Å². The molecule has 6 nitrogen and oxygen atoms in total. The van der Waals surface area contributed by atoms with Gasteiger partial charge in [-0.25, -0.2) is 19.6 Å². The Hall–Kier alpha value is -2.90. The molecule has 0 radical (unpaired) electrons. The second-order valence-electron chi connectivity index (χ2n) is 8.32. The minimum atomic E-state index is -5.02. The lowest BCUT2D eigenvalue weighted by atomic mass is 9.89. The molecule has 0 saturated carbocycles. The summed E-state index contributed by atoms with van der Waals surface area (Å²) in [5.41, 5.74) is -2.12. The molecule has 1 saturated heterocycles. The monoisotopic (exact) mass is 523 g/mol. The minimum absolute atomic E-state index is 0.00427. The first-order valence-electron chi connectivity index (χ1n) is 10.9. The number of nitrogens with one attached hydrogen (secondary N) is 2. The first-order chi connectivity index (χ1) is 16.8. The molecule has 2 amide bonds. The highest BCUT2D eigenvalue weighted by molar-refractivity contribution is 5.78. The largest absolute Gasteiger partial charge is 0.416 e. The number of benzene rings is 2. The van der Waals surface area contributed by atoms with Crippen LogP contribution < -0.4 is 10.7 Å². The zero-order chi connectivity index (χ0) is 26.7. The fourth-order valence-electron chi connectivity index (χ4n) is 3.78. The van der Waals surface area contributed by atoms with Crippen LogP contribution in [0.4, 0.5) is 35.5 Å². The number of halogens is 7. The lowest BCUT2D eigenvalue weighted by Gasteiger charge is -2.33. The molecule has 36 heavy (non-hydrogen) atoms. The van der Waals surface area contributed by atoms with Crippen molar-refractivity contribution in [2.24, 2.45) is 0 Å². The zero-order valence-electron chi connectivity index (χ0n) is 19.0. The van der Waals surface area contributed by atoms with E-state index >= 15 is 0 Å². The van der Waals surface area contributed by atoms with Crippen molar-refractivity contribution in [3.63, 3.8) is 0 Å². The highest BCUT2D eigenvalue weighted by atomic mass is 19.4. The molecular weight excluding hydrogens is 499 g/mol. The van der Waals surface area contributed by atoms with Crippen molar-refractivity contribution >= 4 is 6.03 Å². The highest BCUT2D eigenvalue weighted by Gasteiger charge is 2.52. The van der Waals surface area contributed by atoms with Crippen LogP contribution in [0.1, 0.15) is 42.0 Å². The molecule has 0 aromatic heterocycles. The van der Waals surface area contributed by atoms with E-state index in [-0.39, 0.29) is 11.6 Å². The molecule has 0 aliphatic carbocycles. The predicted molar refractivity (Wildman–Crippen MR) is 113 cm³/mol. The molecule has 1 heterocycles. The Bertz CT molecular complexity index is 1030. The summed E-state index contributed by atoms with van der Waals surface area (Å²) < 4.78 is 97.9. The summed E-state index contributed by atoms with van der Waals surface area (Å²) in [5, 5.41) is 14.5. The number of carbonyl (C=O) groups excluding carboxylic acids is 1. The van der Waals surface area contributed by atoms with Gasteiger partial charge in [0.1, 0.15) is 11.4 Å². The summed E-state index contributed by atoms with van der Waals surface area (Å²) in [6.45, 7) is 1.01. The quantitative estimate of drug-likeness (QED) is 0.322. The van der Waals surface area contributed by atoms with Gasteiger partial charge in [-0.1, -0.05) is 25.5 Å². The van der Waals surface area contributed by atoms with Gasteiger partial charge in [0.15, 0.2) is 6.23 Å². The van der Waals surface area contributed by atoms with Gasteiger partial charge in [0.25, 0.3) is 0 Å². The summed E-state index contributed by atoms with van der Waals surface area (Å²) in [6, 6.07) is 5.03. The number of ether oxygens (including phenoxy) is 1. The maximum atomic E-state index is 13.5. The van der Waals surface area contributed by atoms with Crippen molar-refractivity contribution < 1.29 is 45.4 Å². The number of carbonyl (C=O) groups is 1. The third-order valence-electron chi connectivity index (χ3n) is 5.65. The molecule has 2 unspecified atom stereocenters. The Morgan fingerprint density at radius 3 is 2.17 bits per heavy atom. The number of urea groups is 1. The van der Waals surface area contributed by atoms with Gasteiger partial charge in [-0.05, 0) is 47.9 Å². The normalized spacial score (nSPS) is 20.6. The number of hydrogen-bond donors (Lipinski definition) is 3. The number of unbranched alkanes of at least 4 members (excludes halogenated alkanes) is 1. The van der Waals surface area contributed by atoms with E-state index in [1.54, 1.807) is 0 Å². The summed E-state index contributed by atoms with van der Waals surface area (Å²) in [7, 11) is 0. The van der Waals surface area contributed by atoms with Crippen LogP contribution >= 0.6 is 0 Å². The van der Waals surface area contributed by atoms with Gasteiger partial charge >= 0.3 is 18.4 Å². The minimum Gasteiger partial charge on any atom is -0.374 e. The molecular formula is C23H24F7N3O3. The average molecular weight is 523 g/mol. The third kappa shape index (κ3) is 6.08. The smallest absolute Gasteiger partial charge is 0.374 e. The Balaban J connectivity index is 1.88. The molecule has 2 atom stereocenters. The SMILES string of the molecule is CCCCNN1C(=O)NC(COCc2cc(C(F)(F)F)cc(C(F)(F)F)c2)(c2ccc(F)cc2)C1O. The number of rotatable bonds is 9. The second kappa shape index (κ2) is 10.6. The zero-order valence-corrected chi connectivity index (χ0v) is 19.0. The van der Waals surface area contributed by atoms with Crippen molar-refractivity contribution in [2.45, 2.75) is 50.5 Å². The van der Waals surface area contributed by atoms with E-state index in [1.807, 2.05) is 6.92 Å². The van der Waals surface area contributed by atoms with E-state index in [2.05, 4.69) is 10.7 Å². The van der Waals surface area contributed by atoms with Gasteiger partial charge in [0.05, 0.1) is 24.3 Å². The number of aliphatic hydroxyl groups is 1. The van der Waals surface area contributed by atoms with Crippen molar-refractivity contribution in [1.82, 2.24) is 15.8 Å². The summed E-state index contributed by atoms with van der Waals surface area (Å²) in [5.74, 6) is -0.602. The molecule has 13 heteroatoms. The molecule has 2 aromatic rings. The van der Waals surface area contributed by atoms with Gasteiger partial charge in [-0.15, -0.1) is 0 Å². The number of amides is 2. The first-order valence-corrected chi connectivity index (χ1v) is 10.9. The van der Waals surface area contributed by atoms with Gasteiger partial charge in [-0.2, -0.15) is 26.3 Å². The molecule has 3 N–H and O–H groups in total. The number of aliphatic hydroxyl groups excluding tert-OH is 1. The molecule has 0 spiro atoms. The topological polar surface area (TPSA) is 73.8 Å². The Kier molecular flexibility index (Phi) is 8.16.